The van der Waals surface area contributed by atoms with Gasteiger partial charge in [-0.3, -0.25) is 0 Å². The molecule has 1 aromatic heterocycles. The molecule has 0 aliphatic carbocycles. The minimum atomic E-state index is -0.641. The maximum atomic E-state index is 10.0. The van der Waals surface area contributed by atoms with Gasteiger partial charge in [0.25, 0.3) is 0 Å². The predicted molar refractivity (Wildman–Crippen MR) is 125 cm³/mol. The molecule has 4 aromatic rings. The summed E-state index contributed by atoms with van der Waals surface area (Å²) in [6.07, 6.45) is 0. The van der Waals surface area contributed by atoms with Crippen molar-refractivity contribution < 1.29 is 4.74 Å². The first kappa shape index (κ1) is 20.2. The molecule has 0 saturated heterocycles. The van der Waals surface area contributed by atoms with Gasteiger partial charge in [-0.15, -0.1) is 0 Å². The maximum Gasteiger partial charge on any atom is 0.229 e. The van der Waals surface area contributed by atoms with Gasteiger partial charge in [0.05, 0.1) is 17.2 Å². The molecule has 32 heavy (non-hydrogen) atoms. The van der Waals surface area contributed by atoms with Crippen LogP contribution in [-0.4, -0.2) is 9.78 Å². The Balaban J connectivity index is 1.88. The molecule has 0 bridgehead atoms. The van der Waals surface area contributed by atoms with Gasteiger partial charge in [0.2, 0.25) is 11.8 Å². The molecular weight excluding hydrogens is 443 g/mol. The highest BCUT2D eigenvalue weighted by atomic mass is 35.5. The highest BCUT2D eigenvalue weighted by Crippen LogP contribution is 2.50. The van der Waals surface area contributed by atoms with Crippen LogP contribution in [0.3, 0.4) is 0 Å². The molecule has 3 aromatic carbocycles. The molecule has 0 radical (unpaired) electrons. The van der Waals surface area contributed by atoms with Crippen LogP contribution in [0, 0.1) is 11.3 Å². The van der Waals surface area contributed by atoms with E-state index in [1.54, 1.807) is 22.9 Å². The summed E-state index contributed by atoms with van der Waals surface area (Å²) in [5.41, 5.74) is 10.1. The van der Waals surface area contributed by atoms with E-state index in [4.69, 9.17) is 38.8 Å². The van der Waals surface area contributed by atoms with Crippen LogP contribution in [0.25, 0.3) is 16.9 Å². The van der Waals surface area contributed by atoms with Crippen LogP contribution in [0.4, 0.5) is 0 Å². The Bertz CT molecular complexity index is 1370. The van der Waals surface area contributed by atoms with Crippen molar-refractivity contribution in [2.45, 2.75) is 5.92 Å². The Labute approximate surface area is 194 Å². The lowest BCUT2D eigenvalue weighted by atomic mass is 9.83. The molecule has 156 valence electrons. The molecule has 1 aliphatic heterocycles. The SMILES string of the molecule is N#CC1=C(N)Oc2c(c(-c3ccccc3)nn2-c2ccccc2)C1c1c(Cl)cccc1Cl. The number of para-hydroxylation sites is 1. The molecule has 5 rings (SSSR count). The summed E-state index contributed by atoms with van der Waals surface area (Å²) < 4.78 is 7.69. The molecule has 1 aliphatic rings. The van der Waals surface area contributed by atoms with E-state index in [1.165, 1.54) is 0 Å². The van der Waals surface area contributed by atoms with Crippen molar-refractivity contribution in [3.63, 3.8) is 0 Å². The quantitative estimate of drug-likeness (QED) is 0.404. The van der Waals surface area contributed by atoms with Gasteiger partial charge in [0, 0.05) is 21.2 Å². The van der Waals surface area contributed by atoms with Crippen molar-refractivity contribution in [1.29, 1.82) is 5.26 Å². The third kappa shape index (κ3) is 3.21. The Morgan fingerprint density at radius 3 is 2.12 bits per heavy atom. The van der Waals surface area contributed by atoms with E-state index in [0.29, 0.717) is 32.7 Å². The van der Waals surface area contributed by atoms with Crippen LogP contribution in [0.2, 0.25) is 10.0 Å². The van der Waals surface area contributed by atoms with E-state index >= 15 is 0 Å². The zero-order valence-corrected chi connectivity index (χ0v) is 18.2. The van der Waals surface area contributed by atoms with Crippen molar-refractivity contribution in [3.05, 3.63) is 111 Å². The predicted octanol–water partition coefficient (Wildman–Crippen LogP) is 6.06. The second-order valence-corrected chi connectivity index (χ2v) is 8.06. The lowest BCUT2D eigenvalue weighted by Crippen LogP contribution is -2.22. The summed E-state index contributed by atoms with van der Waals surface area (Å²) in [4.78, 5) is 0. The zero-order chi connectivity index (χ0) is 22.2. The van der Waals surface area contributed by atoms with Gasteiger partial charge in [0.1, 0.15) is 17.3 Å². The number of nitriles is 1. The van der Waals surface area contributed by atoms with Gasteiger partial charge in [-0.05, 0) is 24.3 Å². The second-order valence-electron chi connectivity index (χ2n) is 7.24. The molecule has 5 nitrogen and oxygen atoms in total. The number of benzene rings is 3. The number of ether oxygens (including phenoxy) is 1. The number of fused-ring (bicyclic) bond motifs is 1. The summed E-state index contributed by atoms with van der Waals surface area (Å²) in [5, 5.41) is 15.8. The minimum absolute atomic E-state index is 0.00215. The average molecular weight is 459 g/mol. The van der Waals surface area contributed by atoms with Crippen molar-refractivity contribution in [2.24, 2.45) is 5.73 Å². The maximum absolute atomic E-state index is 10.0. The summed E-state index contributed by atoms with van der Waals surface area (Å²) in [7, 11) is 0. The number of hydrogen-bond acceptors (Lipinski definition) is 4. The largest absolute Gasteiger partial charge is 0.422 e. The Morgan fingerprint density at radius 2 is 1.50 bits per heavy atom. The number of hydrogen-bond donors (Lipinski definition) is 1. The number of halogens is 2. The summed E-state index contributed by atoms with van der Waals surface area (Å²) >= 11 is 13.2. The van der Waals surface area contributed by atoms with Gasteiger partial charge >= 0.3 is 0 Å². The van der Waals surface area contributed by atoms with Crippen LogP contribution >= 0.6 is 23.2 Å². The molecule has 0 fully saturated rings. The van der Waals surface area contributed by atoms with Crippen molar-refractivity contribution in [3.8, 4) is 28.9 Å². The lowest BCUT2D eigenvalue weighted by molar-refractivity contribution is 0.367. The summed E-state index contributed by atoms with van der Waals surface area (Å²) in [6, 6.07) is 26.7. The Kier molecular flexibility index (Phi) is 5.10. The molecule has 0 spiro atoms. The van der Waals surface area contributed by atoms with Gasteiger partial charge in [-0.2, -0.15) is 15.0 Å². The van der Waals surface area contributed by atoms with Crippen molar-refractivity contribution in [2.75, 3.05) is 0 Å². The summed E-state index contributed by atoms with van der Waals surface area (Å²) in [6.45, 7) is 0. The first-order valence-corrected chi connectivity index (χ1v) is 10.6. The van der Waals surface area contributed by atoms with E-state index in [1.807, 2.05) is 60.7 Å². The Morgan fingerprint density at radius 1 is 0.875 bits per heavy atom. The fourth-order valence-electron chi connectivity index (χ4n) is 3.97. The van der Waals surface area contributed by atoms with Gasteiger partial charge in [-0.25, -0.2) is 0 Å². The van der Waals surface area contributed by atoms with Crippen molar-refractivity contribution in [1.82, 2.24) is 9.78 Å². The average Bonchev–Trinajstić information content (AvgIpc) is 3.19. The molecule has 0 amide bonds. The molecule has 0 saturated carbocycles. The Hall–Kier alpha value is -3.72. The van der Waals surface area contributed by atoms with Gasteiger partial charge in [0.15, 0.2) is 0 Å². The number of nitrogens with zero attached hydrogens (tertiary/aromatic N) is 3. The minimum Gasteiger partial charge on any atom is -0.422 e. The van der Waals surface area contributed by atoms with Crippen LogP contribution in [0.15, 0.2) is 90.3 Å². The number of rotatable bonds is 3. The zero-order valence-electron chi connectivity index (χ0n) is 16.7. The van der Waals surface area contributed by atoms with E-state index in [9.17, 15) is 5.26 Å². The standard InChI is InChI=1S/C25H16Cl2N4O/c26-18-12-7-13-19(27)21(18)20-17(14-28)24(29)32-25-22(20)23(15-8-3-1-4-9-15)30-31(25)16-10-5-2-6-11-16/h1-13,20H,29H2. The number of allylic oxidation sites excluding steroid dienone is 1. The molecule has 1 unspecified atom stereocenters. The van der Waals surface area contributed by atoms with Crippen LogP contribution in [-0.2, 0) is 0 Å². The van der Waals surface area contributed by atoms with Crippen LogP contribution < -0.4 is 10.5 Å². The van der Waals surface area contributed by atoms with Crippen LogP contribution in [0.5, 0.6) is 5.88 Å². The van der Waals surface area contributed by atoms with E-state index in [2.05, 4.69) is 6.07 Å². The first-order valence-electron chi connectivity index (χ1n) is 9.85. The highest BCUT2D eigenvalue weighted by molar-refractivity contribution is 6.36. The molecule has 7 heteroatoms. The number of aromatic nitrogens is 2. The topological polar surface area (TPSA) is 76.9 Å². The van der Waals surface area contributed by atoms with Gasteiger partial charge < -0.3 is 10.5 Å². The monoisotopic (exact) mass is 458 g/mol. The highest BCUT2D eigenvalue weighted by Gasteiger charge is 2.39. The molecule has 2 N–H and O–H groups in total. The lowest BCUT2D eigenvalue weighted by Gasteiger charge is -2.26. The second kappa shape index (κ2) is 8.08. The number of nitrogens with two attached hydrogens (primary N) is 1. The molecule has 2 heterocycles. The van der Waals surface area contributed by atoms with Crippen molar-refractivity contribution >= 4 is 23.2 Å². The fourth-order valence-corrected chi connectivity index (χ4v) is 4.58. The summed E-state index contributed by atoms with van der Waals surface area (Å²) in [5.74, 6) is -0.220. The first-order chi connectivity index (χ1) is 15.6. The van der Waals surface area contributed by atoms with E-state index in [-0.39, 0.29) is 11.5 Å². The smallest absolute Gasteiger partial charge is 0.229 e. The third-order valence-electron chi connectivity index (χ3n) is 5.38. The van der Waals surface area contributed by atoms with Crippen LogP contribution in [0.1, 0.15) is 17.0 Å². The third-order valence-corrected chi connectivity index (χ3v) is 6.04. The fraction of sp³-hybridized carbons (Fsp3) is 0.0400. The van der Waals surface area contributed by atoms with E-state index in [0.717, 1.165) is 11.3 Å². The van der Waals surface area contributed by atoms with Gasteiger partial charge in [-0.1, -0.05) is 77.8 Å². The molecular formula is C25H16Cl2N4O. The normalized spacial score (nSPS) is 15.1. The van der Waals surface area contributed by atoms with E-state index < -0.39 is 5.92 Å². The molecule has 1 atom stereocenters.